The maximum absolute atomic E-state index is 12.6. The first kappa shape index (κ1) is 20.9. The normalized spacial score (nSPS) is 14.3. The number of nitrogens with one attached hydrogen (secondary N) is 1. The largest absolute Gasteiger partial charge is 0.493 e. The van der Waals surface area contributed by atoms with Crippen LogP contribution in [-0.4, -0.2) is 49.1 Å². The summed E-state index contributed by atoms with van der Waals surface area (Å²) in [6.07, 6.45) is 3.33. The van der Waals surface area contributed by atoms with Gasteiger partial charge in [-0.2, -0.15) is 0 Å². The van der Waals surface area contributed by atoms with Gasteiger partial charge in [0.1, 0.15) is 13.2 Å². The van der Waals surface area contributed by atoms with Gasteiger partial charge in [0, 0.05) is 23.5 Å². The molecule has 4 rings (SSSR count). The lowest BCUT2D eigenvalue weighted by molar-refractivity contribution is -0.917. The Morgan fingerprint density at radius 3 is 2.42 bits per heavy atom. The highest BCUT2D eigenvalue weighted by molar-refractivity contribution is 5.94. The smallest absolute Gasteiger partial charge is 0.254 e. The Morgan fingerprint density at radius 1 is 0.968 bits per heavy atom. The predicted molar refractivity (Wildman–Crippen MR) is 118 cm³/mol. The average molecular weight is 419 g/mol. The fourth-order valence-corrected chi connectivity index (χ4v) is 3.85. The van der Waals surface area contributed by atoms with E-state index in [4.69, 9.17) is 9.47 Å². The summed E-state index contributed by atoms with van der Waals surface area (Å²) in [6, 6.07) is 19.8. The van der Waals surface area contributed by atoms with Gasteiger partial charge >= 0.3 is 0 Å². The molecule has 6 nitrogen and oxygen atoms in total. The zero-order valence-corrected chi connectivity index (χ0v) is 17.8. The van der Waals surface area contributed by atoms with E-state index in [9.17, 15) is 4.79 Å². The van der Waals surface area contributed by atoms with Crippen molar-refractivity contribution in [3.63, 3.8) is 0 Å². The lowest BCUT2D eigenvalue weighted by Crippen LogP contribution is -3.13. The Kier molecular flexibility index (Phi) is 6.79. The third-order valence-electron chi connectivity index (χ3n) is 5.60. The summed E-state index contributed by atoms with van der Waals surface area (Å²) in [7, 11) is 1.66. The Bertz CT molecular complexity index is 987. The van der Waals surface area contributed by atoms with Crippen LogP contribution >= 0.6 is 0 Å². The minimum absolute atomic E-state index is 0.0856. The summed E-state index contributed by atoms with van der Waals surface area (Å²) < 4.78 is 11.5. The number of piperazine rings is 1. The Balaban J connectivity index is 1.34. The standard InChI is InChI=1S/C25H27N3O3/c1-30-23-8-7-21(17-24(23)31-19-20-5-3-2-4-6-20)18-27-13-15-28(16-14-27)25(29)22-9-11-26-12-10-22/h2-12,17H,13-16,18-19H2,1H3/p+1. The topological polar surface area (TPSA) is 56.1 Å². The van der Waals surface area contributed by atoms with Crippen LogP contribution in [0.1, 0.15) is 21.5 Å². The summed E-state index contributed by atoms with van der Waals surface area (Å²) in [4.78, 5) is 20.0. The molecule has 6 heteroatoms. The molecule has 31 heavy (non-hydrogen) atoms. The van der Waals surface area contributed by atoms with Crippen molar-refractivity contribution in [1.29, 1.82) is 0 Å². The van der Waals surface area contributed by atoms with Gasteiger partial charge in [0.2, 0.25) is 0 Å². The first-order valence-corrected chi connectivity index (χ1v) is 10.6. The summed E-state index contributed by atoms with van der Waals surface area (Å²) in [5.41, 5.74) is 3.03. The van der Waals surface area contributed by atoms with Gasteiger partial charge in [-0.3, -0.25) is 9.78 Å². The number of methoxy groups -OCH3 is 1. The molecular weight excluding hydrogens is 390 g/mol. The molecule has 0 spiro atoms. The Morgan fingerprint density at radius 2 is 1.71 bits per heavy atom. The summed E-state index contributed by atoms with van der Waals surface area (Å²) in [5, 5.41) is 0. The SMILES string of the molecule is COc1ccc(C[NH+]2CCN(C(=O)c3ccncc3)CC2)cc1OCc1ccccc1. The molecule has 0 atom stereocenters. The number of benzene rings is 2. The number of aromatic nitrogens is 1. The maximum atomic E-state index is 12.6. The van der Waals surface area contributed by atoms with E-state index in [-0.39, 0.29) is 5.91 Å². The Hall–Kier alpha value is -3.38. The van der Waals surface area contributed by atoms with Crippen molar-refractivity contribution >= 4 is 5.91 Å². The van der Waals surface area contributed by atoms with E-state index in [1.165, 1.54) is 10.5 Å². The zero-order valence-electron chi connectivity index (χ0n) is 17.8. The van der Waals surface area contributed by atoms with Crippen LogP contribution in [0.25, 0.3) is 0 Å². The number of nitrogens with zero attached hydrogens (tertiary/aromatic N) is 2. The highest BCUT2D eigenvalue weighted by atomic mass is 16.5. The minimum Gasteiger partial charge on any atom is -0.493 e. The van der Waals surface area contributed by atoms with E-state index in [0.717, 1.165) is 49.8 Å². The number of ether oxygens (including phenoxy) is 2. The fourth-order valence-electron chi connectivity index (χ4n) is 3.85. The number of pyridine rings is 1. The molecule has 0 bridgehead atoms. The van der Waals surface area contributed by atoms with Gasteiger partial charge in [0.25, 0.3) is 5.91 Å². The highest BCUT2D eigenvalue weighted by Gasteiger charge is 2.24. The lowest BCUT2D eigenvalue weighted by atomic mass is 10.1. The fraction of sp³-hybridized carbons (Fsp3) is 0.280. The number of amides is 1. The second kappa shape index (κ2) is 10.1. The monoisotopic (exact) mass is 418 g/mol. The van der Waals surface area contributed by atoms with Crippen LogP contribution in [0.15, 0.2) is 73.1 Å². The van der Waals surface area contributed by atoms with E-state index >= 15 is 0 Å². The van der Waals surface area contributed by atoms with Crippen molar-refractivity contribution in [3.8, 4) is 11.5 Å². The predicted octanol–water partition coefficient (Wildman–Crippen LogP) is 2.21. The summed E-state index contributed by atoms with van der Waals surface area (Å²) in [6.45, 7) is 4.74. The minimum atomic E-state index is 0.0856. The van der Waals surface area contributed by atoms with Crippen LogP contribution in [0.2, 0.25) is 0 Å². The van der Waals surface area contributed by atoms with Crippen molar-refractivity contribution in [3.05, 3.63) is 89.7 Å². The van der Waals surface area contributed by atoms with Gasteiger partial charge in [0.05, 0.1) is 33.3 Å². The molecule has 1 amide bonds. The molecule has 1 aliphatic rings. The first-order chi connectivity index (χ1) is 15.2. The zero-order chi connectivity index (χ0) is 21.5. The molecule has 0 radical (unpaired) electrons. The van der Waals surface area contributed by atoms with Crippen molar-refractivity contribution < 1.29 is 19.2 Å². The van der Waals surface area contributed by atoms with Crippen LogP contribution in [-0.2, 0) is 13.2 Å². The molecule has 0 unspecified atom stereocenters. The van der Waals surface area contributed by atoms with Gasteiger partial charge in [-0.1, -0.05) is 30.3 Å². The van der Waals surface area contributed by atoms with Crippen molar-refractivity contribution in [2.45, 2.75) is 13.2 Å². The molecule has 3 aromatic rings. The molecule has 0 saturated carbocycles. The molecule has 1 aliphatic heterocycles. The van der Waals surface area contributed by atoms with E-state index < -0.39 is 0 Å². The number of rotatable bonds is 7. The summed E-state index contributed by atoms with van der Waals surface area (Å²) in [5.74, 6) is 1.58. The van der Waals surface area contributed by atoms with Crippen LogP contribution in [0.4, 0.5) is 0 Å². The van der Waals surface area contributed by atoms with E-state index in [1.807, 2.05) is 41.3 Å². The van der Waals surface area contributed by atoms with Crippen molar-refractivity contribution in [2.75, 3.05) is 33.3 Å². The van der Waals surface area contributed by atoms with Gasteiger partial charge in [-0.05, 0) is 35.9 Å². The van der Waals surface area contributed by atoms with E-state index in [0.29, 0.717) is 12.2 Å². The first-order valence-electron chi connectivity index (χ1n) is 10.6. The number of hydrogen-bond donors (Lipinski definition) is 1. The second-order valence-electron chi connectivity index (χ2n) is 7.71. The number of carbonyl (C=O) groups excluding carboxylic acids is 1. The van der Waals surface area contributed by atoms with Crippen LogP contribution in [0.5, 0.6) is 11.5 Å². The van der Waals surface area contributed by atoms with Crippen LogP contribution < -0.4 is 14.4 Å². The van der Waals surface area contributed by atoms with E-state index in [2.05, 4.69) is 17.1 Å². The molecule has 160 valence electrons. The van der Waals surface area contributed by atoms with E-state index in [1.54, 1.807) is 31.6 Å². The molecule has 1 N–H and O–H groups in total. The van der Waals surface area contributed by atoms with Crippen molar-refractivity contribution in [1.82, 2.24) is 9.88 Å². The molecule has 2 aromatic carbocycles. The van der Waals surface area contributed by atoms with Gasteiger partial charge in [0.15, 0.2) is 11.5 Å². The number of carbonyl (C=O) groups is 1. The highest BCUT2D eigenvalue weighted by Crippen LogP contribution is 2.28. The second-order valence-corrected chi connectivity index (χ2v) is 7.71. The summed E-state index contributed by atoms with van der Waals surface area (Å²) >= 11 is 0. The third kappa shape index (κ3) is 5.41. The molecule has 2 heterocycles. The molecular formula is C25H28N3O3+. The van der Waals surface area contributed by atoms with Crippen LogP contribution in [0.3, 0.4) is 0 Å². The lowest BCUT2D eigenvalue weighted by Gasteiger charge is -2.32. The molecule has 0 aliphatic carbocycles. The Labute approximate surface area is 183 Å². The van der Waals surface area contributed by atoms with Gasteiger partial charge in [-0.15, -0.1) is 0 Å². The number of hydrogen-bond acceptors (Lipinski definition) is 4. The van der Waals surface area contributed by atoms with Gasteiger partial charge < -0.3 is 19.3 Å². The van der Waals surface area contributed by atoms with Crippen molar-refractivity contribution in [2.24, 2.45) is 0 Å². The third-order valence-corrected chi connectivity index (χ3v) is 5.60. The molecule has 1 fully saturated rings. The van der Waals surface area contributed by atoms with Gasteiger partial charge in [-0.25, -0.2) is 0 Å². The maximum Gasteiger partial charge on any atom is 0.254 e. The number of quaternary nitrogens is 1. The molecule has 1 aromatic heterocycles. The quantitative estimate of drug-likeness (QED) is 0.639. The molecule has 1 saturated heterocycles. The average Bonchev–Trinajstić information content (AvgIpc) is 2.84. The van der Waals surface area contributed by atoms with Crippen LogP contribution in [0, 0.1) is 0 Å².